The summed E-state index contributed by atoms with van der Waals surface area (Å²) in [4.78, 5) is 4.81. The summed E-state index contributed by atoms with van der Waals surface area (Å²) in [6.45, 7) is 13.2. The summed E-state index contributed by atoms with van der Waals surface area (Å²) in [7, 11) is 0. The van der Waals surface area contributed by atoms with E-state index < -0.39 is 0 Å². The van der Waals surface area contributed by atoms with Crippen LogP contribution in [0.25, 0.3) is 44.4 Å². The van der Waals surface area contributed by atoms with Crippen LogP contribution in [0, 0.1) is 26.7 Å². The molecule has 0 amide bonds. The lowest BCUT2D eigenvalue weighted by Gasteiger charge is -2.13. The van der Waals surface area contributed by atoms with Crippen LogP contribution in [-0.2, 0) is 12.8 Å². The van der Waals surface area contributed by atoms with E-state index in [0.717, 1.165) is 71.1 Å². The molecule has 0 saturated heterocycles. The summed E-state index contributed by atoms with van der Waals surface area (Å²) in [5.41, 5.74) is 11.5. The zero-order valence-electron chi connectivity index (χ0n) is 29.6. The molecule has 5 heteroatoms. The van der Waals surface area contributed by atoms with Gasteiger partial charge in [-0.05, 0) is 123 Å². The number of nitrogens with zero attached hydrogens (tertiary/aromatic N) is 4. The minimum atomic E-state index is 0.668. The Morgan fingerprint density at radius 3 is 2.35 bits per heavy atom. The molecule has 3 heterocycles. The molecular weight excluding hydrogens is 601 g/mol. The maximum absolute atomic E-state index is 6.76. The molecule has 0 aliphatic rings. The van der Waals surface area contributed by atoms with Gasteiger partial charge in [0, 0.05) is 40.4 Å². The van der Waals surface area contributed by atoms with E-state index in [2.05, 4.69) is 142 Å². The van der Waals surface area contributed by atoms with Crippen LogP contribution in [0.2, 0.25) is 0 Å². The number of ether oxygens (including phenoxy) is 1. The SMILES string of the molecule is CCCCc1cc(Oc2ccc3c4cc(CCC(C)C)ccc4n(-c4cc(C)ccn4)c3c2)cc(-n2nc(C)c(-c3ccccc3)c2C)c1. The van der Waals surface area contributed by atoms with Crippen molar-refractivity contribution in [3.8, 4) is 34.1 Å². The minimum absolute atomic E-state index is 0.668. The zero-order chi connectivity index (χ0) is 34.1. The highest BCUT2D eigenvalue weighted by Crippen LogP contribution is 2.37. The van der Waals surface area contributed by atoms with Crippen LogP contribution in [0.4, 0.5) is 0 Å². The maximum Gasteiger partial charge on any atom is 0.137 e. The third-order valence-electron chi connectivity index (χ3n) is 9.55. The van der Waals surface area contributed by atoms with Crippen LogP contribution >= 0.6 is 0 Å². The number of unbranched alkanes of at least 4 members (excludes halogenated alkanes) is 1. The van der Waals surface area contributed by atoms with Gasteiger partial charge in [0.25, 0.3) is 0 Å². The topological polar surface area (TPSA) is 44.9 Å². The van der Waals surface area contributed by atoms with E-state index in [-0.39, 0.29) is 0 Å². The van der Waals surface area contributed by atoms with Crippen molar-refractivity contribution in [1.29, 1.82) is 0 Å². The van der Waals surface area contributed by atoms with Crippen molar-refractivity contribution in [2.24, 2.45) is 5.92 Å². The molecule has 248 valence electrons. The first kappa shape index (κ1) is 32.4. The van der Waals surface area contributed by atoms with Gasteiger partial charge in [-0.15, -0.1) is 0 Å². The molecule has 0 bridgehead atoms. The highest BCUT2D eigenvalue weighted by molar-refractivity contribution is 6.09. The van der Waals surface area contributed by atoms with Crippen molar-refractivity contribution in [2.45, 2.75) is 73.6 Å². The van der Waals surface area contributed by atoms with Gasteiger partial charge >= 0.3 is 0 Å². The fourth-order valence-electron chi connectivity index (χ4n) is 7.01. The maximum atomic E-state index is 6.76. The van der Waals surface area contributed by atoms with Gasteiger partial charge in [0.05, 0.1) is 22.4 Å². The largest absolute Gasteiger partial charge is 0.457 e. The van der Waals surface area contributed by atoms with E-state index in [0.29, 0.717) is 5.92 Å². The van der Waals surface area contributed by atoms with E-state index in [4.69, 9.17) is 14.8 Å². The van der Waals surface area contributed by atoms with E-state index >= 15 is 0 Å². The van der Waals surface area contributed by atoms with Crippen LogP contribution in [0.1, 0.15) is 68.1 Å². The fourth-order valence-corrected chi connectivity index (χ4v) is 7.01. The molecule has 0 aliphatic heterocycles. The number of hydrogen-bond donors (Lipinski definition) is 0. The van der Waals surface area contributed by atoms with Crippen LogP contribution in [0.15, 0.2) is 103 Å². The van der Waals surface area contributed by atoms with Crippen LogP contribution in [-0.4, -0.2) is 19.3 Å². The second-order valence-corrected chi connectivity index (χ2v) is 13.9. The predicted molar refractivity (Wildman–Crippen MR) is 204 cm³/mol. The Balaban J connectivity index is 1.32. The first-order valence-electron chi connectivity index (χ1n) is 17.7. The Morgan fingerprint density at radius 2 is 1.57 bits per heavy atom. The monoisotopic (exact) mass is 646 g/mol. The van der Waals surface area contributed by atoms with Crippen molar-refractivity contribution >= 4 is 21.8 Å². The summed E-state index contributed by atoms with van der Waals surface area (Å²) in [5, 5.41) is 7.47. The number of pyridine rings is 1. The van der Waals surface area contributed by atoms with Crippen molar-refractivity contribution in [3.05, 3.63) is 131 Å². The lowest BCUT2D eigenvalue weighted by Crippen LogP contribution is -2.02. The molecule has 7 aromatic rings. The molecule has 0 atom stereocenters. The molecular formula is C44H46N4O. The van der Waals surface area contributed by atoms with Crippen molar-refractivity contribution in [2.75, 3.05) is 0 Å². The van der Waals surface area contributed by atoms with E-state index in [9.17, 15) is 0 Å². The third-order valence-corrected chi connectivity index (χ3v) is 9.55. The van der Waals surface area contributed by atoms with Crippen molar-refractivity contribution in [3.63, 3.8) is 0 Å². The number of rotatable bonds is 11. The van der Waals surface area contributed by atoms with Crippen molar-refractivity contribution < 1.29 is 4.74 Å². The molecule has 7 rings (SSSR count). The van der Waals surface area contributed by atoms with Gasteiger partial charge in [-0.3, -0.25) is 4.57 Å². The number of aryl methyl sites for hydroxylation is 4. The van der Waals surface area contributed by atoms with E-state index in [1.807, 2.05) is 12.3 Å². The quantitative estimate of drug-likeness (QED) is 0.140. The zero-order valence-corrected chi connectivity index (χ0v) is 29.6. The summed E-state index contributed by atoms with van der Waals surface area (Å²) in [6.07, 6.45) is 7.37. The summed E-state index contributed by atoms with van der Waals surface area (Å²) < 4.78 is 11.1. The smallest absolute Gasteiger partial charge is 0.137 e. The Morgan fingerprint density at radius 1 is 0.735 bits per heavy atom. The molecule has 4 aromatic carbocycles. The highest BCUT2D eigenvalue weighted by Gasteiger charge is 2.18. The molecule has 49 heavy (non-hydrogen) atoms. The standard InChI is InChI=1S/C44H46N4O/c1-7-8-12-34-24-36(48-32(6)44(31(5)46-48)35-13-10-9-11-14-35)27-38(25-34)49-37-18-19-39-40-26-33(16-15-29(2)3)17-20-41(40)47(42(39)28-37)43-23-30(4)21-22-45-43/h9-11,13-14,17-29H,7-8,12,15-16H2,1-6H3. The summed E-state index contributed by atoms with van der Waals surface area (Å²) in [6, 6.07) is 34.7. The summed E-state index contributed by atoms with van der Waals surface area (Å²) >= 11 is 0. The van der Waals surface area contributed by atoms with Gasteiger partial charge in [0.1, 0.15) is 17.3 Å². The van der Waals surface area contributed by atoms with Crippen LogP contribution in [0.5, 0.6) is 11.5 Å². The van der Waals surface area contributed by atoms with Crippen LogP contribution < -0.4 is 4.74 Å². The molecule has 3 aromatic heterocycles. The fraction of sp³-hybridized carbons (Fsp3) is 0.273. The average Bonchev–Trinajstić information content (AvgIpc) is 3.58. The molecule has 0 aliphatic carbocycles. The lowest BCUT2D eigenvalue weighted by atomic mass is 10.0. The van der Waals surface area contributed by atoms with E-state index in [1.165, 1.54) is 45.0 Å². The average molecular weight is 647 g/mol. The molecule has 0 N–H and O–H groups in total. The minimum Gasteiger partial charge on any atom is -0.457 e. The van der Waals surface area contributed by atoms with Gasteiger partial charge in [0.2, 0.25) is 0 Å². The number of hydrogen-bond acceptors (Lipinski definition) is 3. The first-order chi connectivity index (χ1) is 23.8. The van der Waals surface area contributed by atoms with Crippen LogP contribution in [0.3, 0.4) is 0 Å². The number of fused-ring (bicyclic) bond motifs is 3. The molecule has 5 nitrogen and oxygen atoms in total. The molecule has 0 fully saturated rings. The molecule has 0 saturated carbocycles. The number of benzene rings is 4. The summed E-state index contributed by atoms with van der Waals surface area (Å²) in [5.74, 6) is 3.18. The first-order valence-corrected chi connectivity index (χ1v) is 17.7. The third kappa shape index (κ3) is 6.63. The number of aromatic nitrogens is 4. The predicted octanol–water partition coefficient (Wildman–Crippen LogP) is 11.7. The molecule has 0 spiro atoms. The van der Waals surface area contributed by atoms with Gasteiger partial charge in [-0.2, -0.15) is 5.10 Å². The van der Waals surface area contributed by atoms with Gasteiger partial charge < -0.3 is 4.74 Å². The highest BCUT2D eigenvalue weighted by atomic mass is 16.5. The van der Waals surface area contributed by atoms with E-state index in [1.54, 1.807) is 0 Å². The van der Waals surface area contributed by atoms with Gasteiger partial charge in [-0.1, -0.05) is 63.6 Å². The Kier molecular flexibility index (Phi) is 9.09. The van der Waals surface area contributed by atoms with Gasteiger partial charge in [0.15, 0.2) is 0 Å². The Bertz CT molecular complexity index is 2260. The Hall–Kier alpha value is -5.16. The molecule has 0 unspecified atom stereocenters. The second-order valence-electron chi connectivity index (χ2n) is 13.9. The Labute approximate surface area is 290 Å². The second kappa shape index (κ2) is 13.8. The van der Waals surface area contributed by atoms with Gasteiger partial charge in [-0.25, -0.2) is 9.67 Å². The van der Waals surface area contributed by atoms with Crippen molar-refractivity contribution in [1.82, 2.24) is 19.3 Å². The lowest BCUT2D eigenvalue weighted by molar-refractivity contribution is 0.482. The normalized spacial score (nSPS) is 11.7. The molecule has 0 radical (unpaired) electrons.